The van der Waals surface area contributed by atoms with E-state index in [0.717, 1.165) is 5.56 Å². The molecule has 2 aromatic carbocycles. The molecule has 0 radical (unpaired) electrons. The Labute approximate surface area is 152 Å². The zero-order valence-electron chi connectivity index (χ0n) is 15.1. The summed E-state index contributed by atoms with van der Waals surface area (Å²) in [4.78, 5) is 23.2. The third-order valence-corrected chi connectivity index (χ3v) is 4.16. The van der Waals surface area contributed by atoms with Crippen LogP contribution in [0.3, 0.4) is 0 Å². The zero-order valence-corrected chi connectivity index (χ0v) is 15.1. The van der Waals surface area contributed by atoms with Gasteiger partial charge in [-0.05, 0) is 47.4 Å². The standard InChI is InChI=1S/C22H21NO3/c1-22(2,3)17-9-7-15(8-10-17)21(25)23-18-6-4-5-16(13-18)20-12-11-19(14-24)26-20/h4-14H,1-3H3,(H,23,25). The number of rotatable bonds is 4. The molecule has 0 fully saturated rings. The molecule has 4 heteroatoms. The molecule has 0 unspecified atom stereocenters. The molecule has 26 heavy (non-hydrogen) atoms. The van der Waals surface area contributed by atoms with E-state index in [0.29, 0.717) is 23.3 Å². The maximum Gasteiger partial charge on any atom is 0.255 e. The SMILES string of the molecule is CC(C)(C)c1ccc(C(=O)Nc2cccc(-c3ccc(C=O)o3)c2)cc1. The van der Waals surface area contributed by atoms with Crippen LogP contribution in [0.1, 0.15) is 47.2 Å². The molecule has 0 aliphatic heterocycles. The number of hydrogen-bond donors (Lipinski definition) is 1. The van der Waals surface area contributed by atoms with Crippen LogP contribution in [0.2, 0.25) is 0 Å². The van der Waals surface area contributed by atoms with Crippen molar-refractivity contribution in [2.24, 2.45) is 0 Å². The Hall–Kier alpha value is -3.14. The molecule has 4 nitrogen and oxygen atoms in total. The van der Waals surface area contributed by atoms with Crippen LogP contribution in [0.25, 0.3) is 11.3 Å². The molecule has 0 saturated heterocycles. The molecule has 0 spiro atoms. The van der Waals surface area contributed by atoms with Gasteiger partial charge in [-0.15, -0.1) is 0 Å². The summed E-state index contributed by atoms with van der Waals surface area (Å²) in [7, 11) is 0. The topological polar surface area (TPSA) is 59.3 Å². The molecule has 3 rings (SSSR count). The highest BCUT2D eigenvalue weighted by atomic mass is 16.3. The first-order chi connectivity index (χ1) is 12.4. The van der Waals surface area contributed by atoms with Crippen LogP contribution in [0, 0.1) is 0 Å². The Morgan fingerprint density at radius 2 is 1.73 bits per heavy atom. The lowest BCUT2D eigenvalue weighted by Crippen LogP contribution is -2.14. The molecule has 0 saturated carbocycles. The van der Waals surface area contributed by atoms with Gasteiger partial charge < -0.3 is 9.73 Å². The maximum absolute atomic E-state index is 12.5. The Kier molecular flexibility index (Phi) is 4.76. The van der Waals surface area contributed by atoms with Gasteiger partial charge in [0.1, 0.15) is 5.76 Å². The summed E-state index contributed by atoms with van der Waals surface area (Å²) in [6, 6.07) is 18.3. The fourth-order valence-electron chi connectivity index (χ4n) is 2.65. The van der Waals surface area contributed by atoms with E-state index in [-0.39, 0.29) is 17.1 Å². The minimum atomic E-state index is -0.171. The predicted molar refractivity (Wildman–Crippen MR) is 103 cm³/mol. The molecule has 132 valence electrons. The fraction of sp³-hybridized carbons (Fsp3) is 0.182. The van der Waals surface area contributed by atoms with Gasteiger partial charge in [0.2, 0.25) is 0 Å². The summed E-state index contributed by atoms with van der Waals surface area (Å²) in [5.41, 5.74) is 3.28. The predicted octanol–water partition coefficient (Wildman–Crippen LogP) is 5.31. The zero-order chi connectivity index (χ0) is 18.7. The third kappa shape index (κ3) is 3.91. The number of benzene rings is 2. The lowest BCUT2D eigenvalue weighted by Gasteiger charge is -2.19. The average molecular weight is 347 g/mol. The van der Waals surface area contributed by atoms with Gasteiger partial charge in [0.15, 0.2) is 12.0 Å². The Balaban J connectivity index is 1.77. The average Bonchev–Trinajstić information content (AvgIpc) is 3.10. The molecular formula is C22H21NO3. The Morgan fingerprint density at radius 3 is 2.35 bits per heavy atom. The quantitative estimate of drug-likeness (QED) is 0.651. The van der Waals surface area contributed by atoms with E-state index in [1.807, 2.05) is 48.5 Å². The van der Waals surface area contributed by atoms with Crippen LogP contribution in [-0.4, -0.2) is 12.2 Å². The molecule has 1 N–H and O–H groups in total. The van der Waals surface area contributed by atoms with Crippen LogP contribution in [0.5, 0.6) is 0 Å². The van der Waals surface area contributed by atoms with Gasteiger partial charge in [0.25, 0.3) is 5.91 Å². The van der Waals surface area contributed by atoms with E-state index < -0.39 is 0 Å². The van der Waals surface area contributed by atoms with Gasteiger partial charge >= 0.3 is 0 Å². The van der Waals surface area contributed by atoms with E-state index in [1.54, 1.807) is 12.1 Å². The smallest absolute Gasteiger partial charge is 0.255 e. The molecule has 0 bridgehead atoms. The molecular weight excluding hydrogens is 326 g/mol. The lowest BCUT2D eigenvalue weighted by molar-refractivity contribution is 0.102. The lowest BCUT2D eigenvalue weighted by atomic mass is 9.87. The van der Waals surface area contributed by atoms with Crippen molar-refractivity contribution in [2.45, 2.75) is 26.2 Å². The summed E-state index contributed by atoms with van der Waals surface area (Å²) in [5, 5.41) is 2.90. The van der Waals surface area contributed by atoms with E-state index >= 15 is 0 Å². The van der Waals surface area contributed by atoms with Gasteiger partial charge in [-0.25, -0.2) is 0 Å². The summed E-state index contributed by atoms with van der Waals surface area (Å²) < 4.78 is 5.43. The van der Waals surface area contributed by atoms with Crippen molar-refractivity contribution in [3.05, 3.63) is 77.6 Å². The molecule has 1 heterocycles. The van der Waals surface area contributed by atoms with Crippen molar-refractivity contribution in [3.63, 3.8) is 0 Å². The van der Waals surface area contributed by atoms with E-state index in [1.165, 1.54) is 5.56 Å². The van der Waals surface area contributed by atoms with Gasteiger partial charge in [0.05, 0.1) is 0 Å². The highest BCUT2D eigenvalue weighted by Crippen LogP contribution is 2.25. The number of carbonyl (C=O) groups is 2. The van der Waals surface area contributed by atoms with Crippen LogP contribution in [0.15, 0.2) is 65.1 Å². The second kappa shape index (κ2) is 7.00. The molecule has 0 aliphatic rings. The highest BCUT2D eigenvalue weighted by molar-refractivity contribution is 6.04. The Bertz CT molecular complexity index is 931. The minimum Gasteiger partial charge on any atom is -0.453 e. The molecule has 3 aromatic rings. The minimum absolute atomic E-state index is 0.0484. The van der Waals surface area contributed by atoms with Gasteiger partial charge in [-0.1, -0.05) is 45.0 Å². The van der Waals surface area contributed by atoms with Gasteiger partial charge in [-0.3, -0.25) is 9.59 Å². The molecule has 0 atom stereocenters. The number of nitrogens with one attached hydrogen (secondary N) is 1. The normalized spacial score (nSPS) is 11.2. The summed E-state index contributed by atoms with van der Waals surface area (Å²) in [6.07, 6.45) is 0.663. The number of furan rings is 1. The first-order valence-electron chi connectivity index (χ1n) is 8.44. The van der Waals surface area contributed by atoms with Crippen molar-refractivity contribution < 1.29 is 14.0 Å². The summed E-state index contributed by atoms with van der Waals surface area (Å²) in [5.74, 6) is 0.682. The first kappa shape index (κ1) is 17.7. The van der Waals surface area contributed by atoms with Crippen LogP contribution >= 0.6 is 0 Å². The van der Waals surface area contributed by atoms with E-state index in [4.69, 9.17) is 4.42 Å². The molecule has 0 aliphatic carbocycles. The molecule has 1 aromatic heterocycles. The summed E-state index contributed by atoms with van der Waals surface area (Å²) in [6.45, 7) is 6.41. The second-order valence-corrected chi connectivity index (χ2v) is 7.18. The number of aldehydes is 1. The maximum atomic E-state index is 12.5. The monoisotopic (exact) mass is 347 g/mol. The van der Waals surface area contributed by atoms with Gasteiger partial charge in [-0.2, -0.15) is 0 Å². The van der Waals surface area contributed by atoms with Crippen molar-refractivity contribution in [3.8, 4) is 11.3 Å². The fourth-order valence-corrected chi connectivity index (χ4v) is 2.65. The van der Waals surface area contributed by atoms with Crippen LogP contribution in [0.4, 0.5) is 5.69 Å². The van der Waals surface area contributed by atoms with Gasteiger partial charge in [0, 0.05) is 16.8 Å². The molecule has 1 amide bonds. The largest absolute Gasteiger partial charge is 0.453 e. The van der Waals surface area contributed by atoms with Crippen LogP contribution in [-0.2, 0) is 5.41 Å². The van der Waals surface area contributed by atoms with Crippen molar-refractivity contribution in [2.75, 3.05) is 5.32 Å². The van der Waals surface area contributed by atoms with Crippen molar-refractivity contribution in [1.82, 2.24) is 0 Å². The Morgan fingerprint density at radius 1 is 1.00 bits per heavy atom. The van der Waals surface area contributed by atoms with Crippen LogP contribution < -0.4 is 5.32 Å². The number of amides is 1. The third-order valence-electron chi connectivity index (χ3n) is 4.16. The number of carbonyl (C=O) groups excluding carboxylic acids is 2. The van der Waals surface area contributed by atoms with E-state index in [9.17, 15) is 9.59 Å². The summed E-state index contributed by atoms with van der Waals surface area (Å²) >= 11 is 0. The van der Waals surface area contributed by atoms with Crippen molar-refractivity contribution >= 4 is 17.9 Å². The number of anilines is 1. The van der Waals surface area contributed by atoms with Crippen molar-refractivity contribution in [1.29, 1.82) is 0 Å². The highest BCUT2D eigenvalue weighted by Gasteiger charge is 2.14. The second-order valence-electron chi connectivity index (χ2n) is 7.18. The number of hydrogen-bond acceptors (Lipinski definition) is 3. The van der Waals surface area contributed by atoms with E-state index in [2.05, 4.69) is 26.1 Å². The first-order valence-corrected chi connectivity index (χ1v) is 8.44.